The third kappa shape index (κ3) is 4.08. The molecule has 21 heavy (non-hydrogen) atoms. The van der Waals surface area contributed by atoms with Gasteiger partial charge in [-0.2, -0.15) is 0 Å². The molecule has 0 aliphatic carbocycles. The number of rotatable bonds is 6. The fraction of sp³-hybridized carbons (Fsp3) is 0.353. The monoisotopic (exact) mass is 302 g/mol. The van der Waals surface area contributed by atoms with Crippen LogP contribution in [0.25, 0.3) is 0 Å². The predicted molar refractivity (Wildman–Crippen MR) is 89.9 cm³/mol. The van der Waals surface area contributed by atoms with Gasteiger partial charge in [-0.3, -0.25) is 4.79 Å². The molecule has 2 N–H and O–H groups in total. The number of thiophene rings is 1. The minimum absolute atomic E-state index is 0.0150. The Morgan fingerprint density at radius 1 is 1.29 bits per heavy atom. The van der Waals surface area contributed by atoms with E-state index in [1.165, 1.54) is 16.0 Å². The van der Waals surface area contributed by atoms with Gasteiger partial charge in [0.15, 0.2) is 0 Å². The van der Waals surface area contributed by atoms with Crippen LogP contribution in [0.15, 0.2) is 35.7 Å². The van der Waals surface area contributed by atoms with E-state index in [-0.39, 0.29) is 11.9 Å². The summed E-state index contributed by atoms with van der Waals surface area (Å²) in [6, 6.07) is 10.3. The van der Waals surface area contributed by atoms with Crippen molar-refractivity contribution in [2.45, 2.75) is 33.2 Å². The summed E-state index contributed by atoms with van der Waals surface area (Å²) in [6.07, 6.45) is 0.956. The molecule has 2 aromatic rings. The van der Waals surface area contributed by atoms with Gasteiger partial charge in [0.2, 0.25) is 5.91 Å². The summed E-state index contributed by atoms with van der Waals surface area (Å²) < 4.78 is 0. The number of hydrogen-bond acceptors (Lipinski definition) is 3. The Hall–Kier alpha value is -1.81. The smallest absolute Gasteiger partial charge is 0.239 e. The molecule has 112 valence electrons. The summed E-state index contributed by atoms with van der Waals surface area (Å²) >= 11 is 1.66. The number of hydrogen-bond donors (Lipinski definition) is 2. The number of benzene rings is 1. The molecule has 3 nitrogen and oxygen atoms in total. The first-order valence-electron chi connectivity index (χ1n) is 7.27. The van der Waals surface area contributed by atoms with Gasteiger partial charge in [0.25, 0.3) is 0 Å². The summed E-state index contributed by atoms with van der Waals surface area (Å²) in [4.78, 5) is 13.2. The Morgan fingerprint density at radius 3 is 2.76 bits per heavy atom. The van der Waals surface area contributed by atoms with Crippen LogP contribution in [-0.4, -0.2) is 12.5 Å². The van der Waals surface area contributed by atoms with Crippen molar-refractivity contribution in [3.05, 3.63) is 51.7 Å². The molecule has 0 bridgehead atoms. The zero-order valence-corrected chi connectivity index (χ0v) is 13.6. The van der Waals surface area contributed by atoms with E-state index in [4.69, 9.17) is 0 Å². The van der Waals surface area contributed by atoms with E-state index in [1.54, 1.807) is 11.3 Å². The molecular weight excluding hydrogens is 280 g/mol. The molecule has 0 fully saturated rings. The number of carbonyl (C=O) groups is 1. The molecule has 1 unspecified atom stereocenters. The summed E-state index contributed by atoms with van der Waals surface area (Å²) in [5.41, 5.74) is 3.50. The summed E-state index contributed by atoms with van der Waals surface area (Å²) in [5.74, 6) is 0.0150. The minimum Gasteiger partial charge on any atom is -0.376 e. The molecule has 1 heterocycles. The normalized spacial score (nSPS) is 12.0. The third-order valence-corrected chi connectivity index (χ3v) is 4.57. The maximum Gasteiger partial charge on any atom is 0.239 e. The molecule has 1 amide bonds. The van der Waals surface area contributed by atoms with Crippen molar-refractivity contribution in [2.75, 3.05) is 11.9 Å². The standard InChI is InChI=1S/C17H22N2OS/c1-4-14-8-5-7-12(2)17(14)18-11-16(20)19-13(3)15-9-6-10-21-15/h5-10,13,18H,4,11H2,1-3H3,(H,19,20). The van der Waals surface area contributed by atoms with E-state index >= 15 is 0 Å². The number of carbonyl (C=O) groups excluding carboxylic acids is 1. The zero-order valence-electron chi connectivity index (χ0n) is 12.8. The fourth-order valence-corrected chi connectivity index (χ4v) is 3.08. The predicted octanol–water partition coefficient (Wildman–Crippen LogP) is 3.91. The zero-order chi connectivity index (χ0) is 15.2. The minimum atomic E-state index is 0.0150. The molecule has 0 spiro atoms. The first kappa shape index (κ1) is 15.6. The van der Waals surface area contributed by atoms with Gasteiger partial charge in [-0.25, -0.2) is 0 Å². The highest BCUT2D eigenvalue weighted by Gasteiger charge is 2.11. The topological polar surface area (TPSA) is 41.1 Å². The Balaban J connectivity index is 1.93. The summed E-state index contributed by atoms with van der Waals surface area (Å²) in [5, 5.41) is 8.32. The lowest BCUT2D eigenvalue weighted by atomic mass is 10.1. The van der Waals surface area contributed by atoms with Gasteiger partial charge in [0.1, 0.15) is 0 Å². The lowest BCUT2D eigenvalue weighted by molar-refractivity contribution is -0.120. The first-order valence-corrected chi connectivity index (χ1v) is 8.15. The number of anilines is 1. The molecule has 0 radical (unpaired) electrons. The maximum atomic E-state index is 12.1. The van der Waals surface area contributed by atoms with Crippen LogP contribution in [0.1, 0.15) is 35.9 Å². The molecule has 2 rings (SSSR count). The Labute approximate surface area is 130 Å². The van der Waals surface area contributed by atoms with Crippen LogP contribution in [0, 0.1) is 6.92 Å². The van der Waals surface area contributed by atoms with E-state index < -0.39 is 0 Å². The SMILES string of the molecule is CCc1cccc(C)c1NCC(=O)NC(C)c1cccs1. The first-order chi connectivity index (χ1) is 10.1. The Morgan fingerprint density at radius 2 is 2.10 bits per heavy atom. The lowest BCUT2D eigenvalue weighted by Crippen LogP contribution is -2.32. The van der Waals surface area contributed by atoms with E-state index in [2.05, 4.69) is 42.7 Å². The van der Waals surface area contributed by atoms with Crippen LogP contribution in [0.2, 0.25) is 0 Å². The molecule has 4 heteroatoms. The van der Waals surface area contributed by atoms with E-state index in [0.29, 0.717) is 6.54 Å². The Bertz CT molecular complexity index is 593. The summed E-state index contributed by atoms with van der Waals surface area (Å²) in [6.45, 7) is 6.50. The van der Waals surface area contributed by atoms with E-state index in [9.17, 15) is 4.79 Å². The quantitative estimate of drug-likeness (QED) is 0.849. The average molecular weight is 302 g/mol. The van der Waals surface area contributed by atoms with Crippen molar-refractivity contribution >= 4 is 22.9 Å². The van der Waals surface area contributed by atoms with Crippen LogP contribution in [-0.2, 0) is 11.2 Å². The highest BCUT2D eigenvalue weighted by Crippen LogP contribution is 2.21. The van der Waals surface area contributed by atoms with Gasteiger partial charge in [0.05, 0.1) is 12.6 Å². The molecule has 1 aromatic heterocycles. The highest BCUT2D eigenvalue weighted by molar-refractivity contribution is 7.10. The van der Waals surface area contributed by atoms with Gasteiger partial charge in [-0.05, 0) is 42.8 Å². The van der Waals surface area contributed by atoms with Gasteiger partial charge >= 0.3 is 0 Å². The third-order valence-electron chi connectivity index (χ3n) is 3.51. The van der Waals surface area contributed by atoms with Crippen LogP contribution >= 0.6 is 11.3 Å². The number of aryl methyl sites for hydroxylation is 2. The molecule has 1 atom stereocenters. The molecule has 0 aliphatic heterocycles. The fourth-order valence-electron chi connectivity index (χ4n) is 2.35. The lowest BCUT2D eigenvalue weighted by Gasteiger charge is -2.16. The Kier molecular flexibility index (Phi) is 5.39. The van der Waals surface area contributed by atoms with Crippen molar-refractivity contribution in [1.82, 2.24) is 5.32 Å². The largest absolute Gasteiger partial charge is 0.376 e. The van der Waals surface area contributed by atoms with Crippen molar-refractivity contribution in [1.29, 1.82) is 0 Å². The van der Waals surface area contributed by atoms with Crippen LogP contribution < -0.4 is 10.6 Å². The maximum absolute atomic E-state index is 12.1. The second kappa shape index (κ2) is 7.27. The number of nitrogens with one attached hydrogen (secondary N) is 2. The van der Waals surface area contributed by atoms with Gasteiger partial charge in [0, 0.05) is 10.6 Å². The average Bonchev–Trinajstić information content (AvgIpc) is 3.00. The number of amides is 1. The van der Waals surface area contributed by atoms with Gasteiger partial charge < -0.3 is 10.6 Å². The van der Waals surface area contributed by atoms with Crippen LogP contribution in [0.4, 0.5) is 5.69 Å². The second-order valence-corrected chi connectivity index (χ2v) is 6.10. The molecule has 0 saturated carbocycles. The van der Waals surface area contributed by atoms with Gasteiger partial charge in [-0.15, -0.1) is 11.3 Å². The molecule has 0 aliphatic rings. The number of para-hydroxylation sites is 1. The van der Waals surface area contributed by atoms with Gasteiger partial charge in [-0.1, -0.05) is 31.2 Å². The molecule has 0 saturated heterocycles. The van der Waals surface area contributed by atoms with Crippen molar-refractivity contribution < 1.29 is 4.79 Å². The van der Waals surface area contributed by atoms with E-state index in [0.717, 1.165) is 12.1 Å². The highest BCUT2D eigenvalue weighted by atomic mass is 32.1. The van der Waals surface area contributed by atoms with Crippen molar-refractivity contribution in [2.24, 2.45) is 0 Å². The van der Waals surface area contributed by atoms with Crippen LogP contribution in [0.5, 0.6) is 0 Å². The molecule has 1 aromatic carbocycles. The van der Waals surface area contributed by atoms with Crippen molar-refractivity contribution in [3.63, 3.8) is 0 Å². The van der Waals surface area contributed by atoms with E-state index in [1.807, 2.05) is 24.4 Å². The van der Waals surface area contributed by atoms with Crippen molar-refractivity contribution in [3.8, 4) is 0 Å². The summed E-state index contributed by atoms with van der Waals surface area (Å²) in [7, 11) is 0. The molecular formula is C17H22N2OS. The van der Waals surface area contributed by atoms with Crippen LogP contribution in [0.3, 0.4) is 0 Å². The second-order valence-electron chi connectivity index (χ2n) is 5.12.